The fourth-order valence-corrected chi connectivity index (χ4v) is 4.91. The van der Waals surface area contributed by atoms with Crippen molar-refractivity contribution in [1.29, 1.82) is 0 Å². The van der Waals surface area contributed by atoms with Crippen molar-refractivity contribution in [2.75, 3.05) is 18.1 Å². The summed E-state index contributed by atoms with van der Waals surface area (Å²) in [7, 11) is -2.82. The molecule has 3 rings (SSSR count). The van der Waals surface area contributed by atoms with Crippen molar-refractivity contribution < 1.29 is 13.5 Å². The van der Waals surface area contributed by atoms with Crippen LogP contribution in [0.15, 0.2) is 0 Å². The molecule has 0 bridgehead atoms. The first-order valence-corrected chi connectivity index (χ1v) is 8.62. The SMILES string of the molecule is O=S1(=O)CCC(Cc2nnc3n2CCC(CO)C3)C1. The largest absolute Gasteiger partial charge is 0.396 e. The quantitative estimate of drug-likeness (QED) is 0.832. The number of rotatable bonds is 3. The van der Waals surface area contributed by atoms with E-state index in [0.29, 0.717) is 12.2 Å². The maximum atomic E-state index is 11.5. The van der Waals surface area contributed by atoms with E-state index in [1.807, 2.05) is 0 Å². The van der Waals surface area contributed by atoms with Crippen LogP contribution in [0.2, 0.25) is 0 Å². The van der Waals surface area contributed by atoms with E-state index in [9.17, 15) is 13.5 Å². The Kier molecular flexibility index (Phi) is 3.34. The number of aliphatic hydroxyl groups excluding tert-OH is 1. The van der Waals surface area contributed by atoms with Crippen LogP contribution in [0.4, 0.5) is 0 Å². The molecule has 1 aromatic heterocycles. The van der Waals surface area contributed by atoms with Crippen LogP contribution in [-0.2, 0) is 29.2 Å². The lowest BCUT2D eigenvalue weighted by Crippen LogP contribution is -2.23. The van der Waals surface area contributed by atoms with Crippen LogP contribution in [0.3, 0.4) is 0 Å². The van der Waals surface area contributed by atoms with E-state index in [2.05, 4.69) is 14.8 Å². The minimum Gasteiger partial charge on any atom is -0.396 e. The van der Waals surface area contributed by atoms with Crippen LogP contribution in [0.1, 0.15) is 24.5 Å². The molecule has 0 radical (unpaired) electrons. The highest BCUT2D eigenvalue weighted by Gasteiger charge is 2.30. The first kappa shape index (κ1) is 13.1. The second-order valence-electron chi connectivity index (χ2n) is 5.70. The Morgan fingerprint density at radius 3 is 2.79 bits per heavy atom. The summed E-state index contributed by atoms with van der Waals surface area (Å²) < 4.78 is 25.0. The van der Waals surface area contributed by atoms with Gasteiger partial charge in [-0.3, -0.25) is 0 Å². The number of aromatic nitrogens is 3. The Morgan fingerprint density at radius 2 is 2.11 bits per heavy atom. The van der Waals surface area contributed by atoms with E-state index >= 15 is 0 Å². The Bertz CT molecular complexity index is 567. The molecule has 2 aliphatic rings. The number of hydrogen-bond donors (Lipinski definition) is 1. The molecule has 1 fully saturated rings. The summed E-state index contributed by atoms with van der Waals surface area (Å²) in [6.45, 7) is 1.03. The van der Waals surface area contributed by atoms with Crippen LogP contribution >= 0.6 is 0 Å². The third kappa shape index (κ3) is 2.67. The number of aliphatic hydroxyl groups is 1. The maximum absolute atomic E-state index is 11.5. The van der Waals surface area contributed by atoms with Gasteiger partial charge in [0.15, 0.2) is 9.84 Å². The lowest BCUT2D eigenvalue weighted by Gasteiger charge is -2.22. The van der Waals surface area contributed by atoms with Gasteiger partial charge in [-0.1, -0.05) is 0 Å². The minimum atomic E-state index is -2.82. The molecular formula is C12H19N3O3S. The molecule has 6 nitrogen and oxygen atoms in total. The van der Waals surface area contributed by atoms with E-state index in [1.165, 1.54) is 0 Å². The van der Waals surface area contributed by atoms with Crippen LogP contribution < -0.4 is 0 Å². The predicted molar refractivity (Wildman–Crippen MR) is 69.4 cm³/mol. The molecule has 0 spiro atoms. The second kappa shape index (κ2) is 4.86. The molecule has 7 heteroatoms. The van der Waals surface area contributed by atoms with E-state index in [-0.39, 0.29) is 24.2 Å². The second-order valence-corrected chi connectivity index (χ2v) is 7.93. The van der Waals surface area contributed by atoms with Crippen molar-refractivity contribution in [1.82, 2.24) is 14.8 Å². The zero-order valence-electron chi connectivity index (χ0n) is 10.8. The van der Waals surface area contributed by atoms with Gasteiger partial charge < -0.3 is 9.67 Å². The smallest absolute Gasteiger partial charge is 0.150 e. The van der Waals surface area contributed by atoms with Crippen molar-refractivity contribution in [2.45, 2.75) is 32.2 Å². The third-order valence-electron chi connectivity index (χ3n) is 4.19. The van der Waals surface area contributed by atoms with Crippen molar-refractivity contribution in [2.24, 2.45) is 11.8 Å². The number of fused-ring (bicyclic) bond motifs is 1. The lowest BCUT2D eigenvalue weighted by molar-refractivity contribution is 0.198. The van der Waals surface area contributed by atoms with E-state index in [0.717, 1.165) is 37.5 Å². The number of sulfone groups is 1. The van der Waals surface area contributed by atoms with Gasteiger partial charge in [0.05, 0.1) is 11.5 Å². The number of hydrogen-bond acceptors (Lipinski definition) is 5. The summed E-state index contributed by atoms with van der Waals surface area (Å²) in [6.07, 6.45) is 3.16. The standard InChI is InChI=1S/C12H19N3O3S/c16-7-9-1-3-15-11(5-9)13-14-12(15)6-10-2-4-19(17,18)8-10/h9-10,16H,1-8H2. The number of nitrogens with zero attached hydrogens (tertiary/aromatic N) is 3. The van der Waals surface area contributed by atoms with Crippen LogP contribution in [0.25, 0.3) is 0 Å². The van der Waals surface area contributed by atoms with Crippen molar-refractivity contribution >= 4 is 9.84 Å². The Labute approximate surface area is 112 Å². The lowest BCUT2D eigenvalue weighted by atomic mass is 9.98. The zero-order chi connectivity index (χ0) is 13.5. The molecule has 0 aromatic carbocycles. The highest BCUT2D eigenvalue weighted by molar-refractivity contribution is 7.91. The molecule has 2 unspecified atom stereocenters. The van der Waals surface area contributed by atoms with Crippen LogP contribution in [0, 0.1) is 11.8 Å². The average Bonchev–Trinajstić information content (AvgIpc) is 2.93. The maximum Gasteiger partial charge on any atom is 0.150 e. The normalized spacial score (nSPS) is 29.3. The fraction of sp³-hybridized carbons (Fsp3) is 0.833. The predicted octanol–water partition coefficient (Wildman–Crippen LogP) is -0.190. The molecule has 0 saturated carbocycles. The molecular weight excluding hydrogens is 266 g/mol. The van der Waals surface area contributed by atoms with E-state index in [4.69, 9.17) is 0 Å². The van der Waals surface area contributed by atoms with Crippen LogP contribution in [-0.4, -0.2) is 46.4 Å². The van der Waals surface area contributed by atoms with Crippen molar-refractivity contribution in [3.05, 3.63) is 11.6 Å². The zero-order valence-corrected chi connectivity index (χ0v) is 11.6. The van der Waals surface area contributed by atoms with Gasteiger partial charge in [0, 0.05) is 26.0 Å². The Balaban J connectivity index is 1.72. The van der Waals surface area contributed by atoms with Crippen molar-refractivity contribution in [3.8, 4) is 0 Å². The highest BCUT2D eigenvalue weighted by atomic mass is 32.2. The fourth-order valence-electron chi connectivity index (χ4n) is 3.05. The molecule has 1 aromatic rings. The van der Waals surface area contributed by atoms with Gasteiger partial charge in [0.25, 0.3) is 0 Å². The van der Waals surface area contributed by atoms with Gasteiger partial charge in [0.2, 0.25) is 0 Å². The Hall–Kier alpha value is -0.950. The molecule has 2 atom stereocenters. The van der Waals surface area contributed by atoms with E-state index < -0.39 is 9.84 Å². The highest BCUT2D eigenvalue weighted by Crippen LogP contribution is 2.25. The van der Waals surface area contributed by atoms with Crippen LogP contribution in [0.5, 0.6) is 0 Å². The summed E-state index contributed by atoms with van der Waals surface area (Å²) in [5.74, 6) is 2.92. The summed E-state index contributed by atoms with van der Waals surface area (Å²) in [6, 6.07) is 0. The Morgan fingerprint density at radius 1 is 1.26 bits per heavy atom. The minimum absolute atomic E-state index is 0.189. The molecule has 3 heterocycles. The summed E-state index contributed by atoms with van der Waals surface area (Å²) in [4.78, 5) is 0. The van der Waals surface area contributed by atoms with Gasteiger partial charge in [-0.15, -0.1) is 10.2 Å². The molecule has 0 aliphatic carbocycles. The molecule has 106 valence electrons. The molecule has 1 N–H and O–H groups in total. The van der Waals surface area contributed by atoms with E-state index in [1.54, 1.807) is 0 Å². The average molecular weight is 285 g/mol. The summed E-state index contributed by atoms with van der Waals surface area (Å²) >= 11 is 0. The monoisotopic (exact) mass is 285 g/mol. The molecule has 1 saturated heterocycles. The van der Waals surface area contributed by atoms with Gasteiger partial charge >= 0.3 is 0 Å². The van der Waals surface area contributed by atoms with Gasteiger partial charge in [-0.05, 0) is 24.7 Å². The molecule has 19 heavy (non-hydrogen) atoms. The molecule has 0 amide bonds. The van der Waals surface area contributed by atoms with Gasteiger partial charge in [0.1, 0.15) is 11.6 Å². The summed E-state index contributed by atoms with van der Waals surface area (Å²) in [5.41, 5.74) is 0. The third-order valence-corrected chi connectivity index (χ3v) is 6.03. The first-order valence-electron chi connectivity index (χ1n) is 6.79. The van der Waals surface area contributed by atoms with Gasteiger partial charge in [-0.2, -0.15) is 0 Å². The molecule has 2 aliphatic heterocycles. The summed E-state index contributed by atoms with van der Waals surface area (Å²) in [5, 5.41) is 17.6. The van der Waals surface area contributed by atoms with Gasteiger partial charge in [-0.25, -0.2) is 8.42 Å². The topological polar surface area (TPSA) is 85.1 Å². The van der Waals surface area contributed by atoms with Crippen molar-refractivity contribution in [3.63, 3.8) is 0 Å². The first-order chi connectivity index (χ1) is 9.07.